The summed E-state index contributed by atoms with van der Waals surface area (Å²) in [5, 5.41) is 8.05. The zero-order valence-corrected chi connectivity index (χ0v) is 75.3. The number of aromatic nitrogens is 3. The summed E-state index contributed by atoms with van der Waals surface area (Å²) in [6.07, 6.45) is 32.4. The van der Waals surface area contributed by atoms with Gasteiger partial charge >= 0.3 is 0 Å². The Morgan fingerprint density at radius 3 is 0.561 bits per heavy atom. The van der Waals surface area contributed by atoms with Crippen molar-refractivity contribution in [2.75, 3.05) is 0 Å². The molecule has 602 valence electrons. The van der Waals surface area contributed by atoms with Gasteiger partial charge in [-0.1, -0.05) is 331 Å². The Labute approximate surface area is 666 Å². The van der Waals surface area contributed by atoms with Crippen molar-refractivity contribution in [1.29, 1.82) is 0 Å². The summed E-state index contributed by atoms with van der Waals surface area (Å²) in [5.41, 5.74) is 19.3. The van der Waals surface area contributed by atoms with Crippen molar-refractivity contribution >= 4 is 0 Å². The molecule has 0 bridgehead atoms. The van der Waals surface area contributed by atoms with Gasteiger partial charge in [0.05, 0.1) is 5.69 Å². The van der Waals surface area contributed by atoms with Gasteiger partial charge in [-0.3, -0.25) is 0 Å². The van der Waals surface area contributed by atoms with Crippen molar-refractivity contribution in [2.24, 2.45) is 71.0 Å². The highest BCUT2D eigenvalue weighted by Gasteiger charge is 2.10. The zero-order valence-electron chi connectivity index (χ0n) is 75.3. The van der Waals surface area contributed by atoms with Crippen LogP contribution in [0, 0.1) is 71.0 Å². The highest BCUT2D eigenvalue weighted by Crippen LogP contribution is 2.23. The first-order chi connectivity index (χ1) is 50.6. The van der Waals surface area contributed by atoms with Crippen molar-refractivity contribution in [3.8, 4) is 0 Å². The quantitative estimate of drug-likeness (QED) is 0.0386. The average Bonchev–Trinajstić information content (AvgIpc) is 1.84. The fraction of sp³-hybridized carbons (Fsp3) is 0.635. The molecule has 0 amide bonds. The highest BCUT2D eigenvalue weighted by molar-refractivity contribution is 5.30. The molecule has 0 unspecified atom stereocenters. The number of nitrogens with zero attached hydrogens (tertiary/aromatic N) is 3. The standard InChI is InChI=1S/6C16H26.C8H15N3/c2*1-13(2)5-7-15-9-11-16(12-10-15)8-6-14(3)4;2*1-13(2)8-10-15-6-5-7-16(12-15)11-9-14(3)4;2*1-13(2)9-11-15-7-5-6-8-16(15)12-10-14(3)4;1-6(2)8-5-11(7(3)4)10-9-8/h2*9-14H,5-8H2,1-4H3;2*5-7,12-14H,8-11H2,1-4H3;2*5-8,13-14H,9-12H2,1-4H3;5-7H,1-4H3. The Balaban J connectivity index is 0.000000626. The first-order valence-electron chi connectivity index (χ1n) is 44.0. The van der Waals surface area contributed by atoms with Crippen LogP contribution in [0.5, 0.6) is 0 Å². The molecule has 0 N–H and O–H groups in total. The molecule has 3 heteroatoms. The van der Waals surface area contributed by atoms with Gasteiger partial charge in [0.2, 0.25) is 0 Å². The van der Waals surface area contributed by atoms with Crippen LogP contribution < -0.4 is 0 Å². The van der Waals surface area contributed by atoms with Crippen molar-refractivity contribution in [3.63, 3.8) is 0 Å². The molecule has 0 fully saturated rings. The average molecular weight is 1460 g/mol. The van der Waals surface area contributed by atoms with Crippen molar-refractivity contribution in [1.82, 2.24) is 15.0 Å². The number of benzene rings is 6. The van der Waals surface area contributed by atoms with Gasteiger partial charge in [-0.15, -0.1) is 5.10 Å². The third kappa shape index (κ3) is 54.7. The van der Waals surface area contributed by atoms with Gasteiger partial charge in [-0.05, 0) is 312 Å². The van der Waals surface area contributed by atoms with Crippen LogP contribution in [0.2, 0.25) is 0 Å². The monoisotopic (exact) mass is 1460 g/mol. The molecule has 0 saturated carbocycles. The topological polar surface area (TPSA) is 30.7 Å². The molecule has 0 radical (unpaired) electrons. The predicted octanol–water partition coefficient (Wildman–Crippen LogP) is 31.2. The smallest absolute Gasteiger partial charge is 0.0852 e. The Hall–Kier alpha value is -5.54. The van der Waals surface area contributed by atoms with Crippen LogP contribution in [-0.2, 0) is 77.0 Å². The van der Waals surface area contributed by atoms with E-state index in [4.69, 9.17) is 0 Å². The molecule has 0 saturated heterocycles. The third-order valence-corrected chi connectivity index (χ3v) is 20.0. The van der Waals surface area contributed by atoms with Crippen LogP contribution in [0.15, 0.2) is 152 Å². The van der Waals surface area contributed by atoms with Gasteiger partial charge in [0.15, 0.2) is 0 Å². The van der Waals surface area contributed by atoms with Gasteiger partial charge in [0.25, 0.3) is 0 Å². The van der Waals surface area contributed by atoms with Crippen LogP contribution in [0.1, 0.15) is 355 Å². The van der Waals surface area contributed by atoms with Crippen LogP contribution in [0.3, 0.4) is 0 Å². The van der Waals surface area contributed by atoms with Crippen molar-refractivity contribution in [3.05, 3.63) is 224 Å². The molecule has 0 aliphatic carbocycles. The van der Waals surface area contributed by atoms with E-state index in [9.17, 15) is 0 Å². The van der Waals surface area contributed by atoms with Crippen LogP contribution >= 0.6 is 0 Å². The van der Waals surface area contributed by atoms with E-state index in [0.29, 0.717) is 12.0 Å². The summed E-state index contributed by atoms with van der Waals surface area (Å²) >= 11 is 0. The van der Waals surface area contributed by atoms with E-state index >= 15 is 0 Å². The van der Waals surface area contributed by atoms with Crippen molar-refractivity contribution < 1.29 is 0 Å². The molecule has 3 nitrogen and oxygen atoms in total. The summed E-state index contributed by atoms with van der Waals surface area (Å²) < 4.78 is 1.88. The summed E-state index contributed by atoms with van der Waals surface area (Å²) in [6.45, 7) is 63.5. The number of hydrogen-bond donors (Lipinski definition) is 0. The summed E-state index contributed by atoms with van der Waals surface area (Å²) in [4.78, 5) is 0. The van der Waals surface area contributed by atoms with E-state index in [1.54, 1.807) is 22.3 Å². The summed E-state index contributed by atoms with van der Waals surface area (Å²) in [6, 6.07) is 55.0. The molecule has 107 heavy (non-hydrogen) atoms. The van der Waals surface area contributed by atoms with Crippen molar-refractivity contribution in [2.45, 2.75) is 360 Å². The van der Waals surface area contributed by atoms with E-state index in [2.05, 4.69) is 350 Å². The fourth-order valence-corrected chi connectivity index (χ4v) is 11.9. The Morgan fingerprint density at radius 1 is 0.215 bits per heavy atom. The Kier molecular flexibility index (Phi) is 55.1. The van der Waals surface area contributed by atoms with Crippen LogP contribution in [0.25, 0.3) is 0 Å². The first kappa shape index (κ1) is 99.5. The maximum absolute atomic E-state index is 4.05. The van der Waals surface area contributed by atoms with E-state index in [1.807, 2.05) is 10.9 Å². The zero-order chi connectivity index (χ0) is 80.2. The van der Waals surface area contributed by atoms with Gasteiger partial charge in [0, 0.05) is 12.2 Å². The second-order valence-corrected chi connectivity index (χ2v) is 37.4. The molecule has 6 aromatic carbocycles. The lowest BCUT2D eigenvalue weighted by atomic mass is 9.94. The maximum atomic E-state index is 4.05. The molecule has 0 aliphatic heterocycles. The Bertz CT molecular complexity index is 2800. The Morgan fingerprint density at radius 2 is 0.402 bits per heavy atom. The SMILES string of the molecule is CC(C)CCc1ccc(CCC(C)C)cc1.CC(C)CCc1ccc(CCC(C)C)cc1.CC(C)CCc1cccc(CCC(C)C)c1.CC(C)CCc1cccc(CCC(C)C)c1.CC(C)CCc1ccccc1CCC(C)C.CC(C)CCc1ccccc1CCC(C)C.CC(C)c1cn(C(C)C)nn1. The molecule has 7 aromatic rings. The molecule has 1 heterocycles. The van der Waals surface area contributed by atoms with Crippen LogP contribution in [-0.4, -0.2) is 15.0 Å². The van der Waals surface area contributed by atoms with Gasteiger partial charge < -0.3 is 0 Å². The van der Waals surface area contributed by atoms with Crippen LogP contribution in [0.4, 0.5) is 0 Å². The first-order valence-corrected chi connectivity index (χ1v) is 44.0. The lowest BCUT2D eigenvalue weighted by Gasteiger charge is -2.12. The number of aryl methyl sites for hydroxylation is 12. The van der Waals surface area contributed by atoms with E-state index in [0.717, 1.165) is 76.7 Å². The summed E-state index contributed by atoms with van der Waals surface area (Å²) in [7, 11) is 0. The highest BCUT2D eigenvalue weighted by atomic mass is 15.4. The lowest BCUT2D eigenvalue weighted by Crippen LogP contribution is -2.00. The van der Waals surface area contributed by atoms with Gasteiger partial charge in [0.1, 0.15) is 0 Å². The molecule has 0 spiro atoms. The molecular formula is C104H171N3. The van der Waals surface area contributed by atoms with E-state index < -0.39 is 0 Å². The second-order valence-electron chi connectivity index (χ2n) is 37.4. The second kappa shape index (κ2) is 59.3. The lowest BCUT2D eigenvalue weighted by molar-refractivity contribution is 0.514. The predicted molar refractivity (Wildman–Crippen MR) is 481 cm³/mol. The minimum Gasteiger partial charge on any atom is -0.250 e. The fourth-order valence-electron chi connectivity index (χ4n) is 11.9. The molecular weight excluding hydrogens is 1290 g/mol. The summed E-state index contributed by atoms with van der Waals surface area (Å²) in [5.74, 6) is 10.1. The number of rotatable bonds is 38. The van der Waals surface area contributed by atoms with Gasteiger partial charge in [-0.25, -0.2) is 4.68 Å². The molecule has 0 atom stereocenters. The van der Waals surface area contributed by atoms with E-state index in [1.165, 1.54) is 199 Å². The maximum Gasteiger partial charge on any atom is 0.0852 e. The molecule has 7 rings (SSSR count). The molecule has 0 aliphatic rings. The van der Waals surface area contributed by atoms with E-state index in [-0.39, 0.29) is 0 Å². The largest absolute Gasteiger partial charge is 0.250 e. The normalized spacial score (nSPS) is 11.4. The number of hydrogen-bond acceptors (Lipinski definition) is 2. The molecule has 1 aromatic heterocycles. The minimum atomic E-state index is 0.412. The van der Waals surface area contributed by atoms with Gasteiger partial charge in [-0.2, -0.15) is 0 Å². The third-order valence-electron chi connectivity index (χ3n) is 20.0. The minimum absolute atomic E-state index is 0.412.